The van der Waals surface area contributed by atoms with Crippen LogP contribution in [0.3, 0.4) is 0 Å². The van der Waals surface area contributed by atoms with E-state index < -0.39 is 5.92 Å². The van der Waals surface area contributed by atoms with E-state index in [0.29, 0.717) is 25.4 Å². The van der Waals surface area contributed by atoms with Gasteiger partial charge in [-0.25, -0.2) is 0 Å². The number of ketones is 1. The van der Waals surface area contributed by atoms with E-state index in [0.717, 1.165) is 6.42 Å². The van der Waals surface area contributed by atoms with Crippen molar-refractivity contribution in [1.29, 1.82) is 0 Å². The Morgan fingerprint density at radius 3 is 2.44 bits per heavy atom. The topological polar surface area (TPSA) is 43.4 Å². The second kappa shape index (κ2) is 4.98. The molecular formula is C13H22O3. The van der Waals surface area contributed by atoms with Gasteiger partial charge in [0.1, 0.15) is 11.7 Å². The van der Waals surface area contributed by atoms with Gasteiger partial charge in [0, 0.05) is 6.42 Å². The van der Waals surface area contributed by atoms with Crippen molar-refractivity contribution in [2.24, 2.45) is 17.3 Å². The zero-order valence-corrected chi connectivity index (χ0v) is 10.7. The average Bonchev–Trinajstić information content (AvgIpc) is 2.16. The van der Waals surface area contributed by atoms with Crippen molar-refractivity contribution in [2.75, 3.05) is 6.61 Å². The Bertz CT molecular complexity index is 275. The van der Waals surface area contributed by atoms with Gasteiger partial charge in [-0.3, -0.25) is 9.59 Å². The van der Waals surface area contributed by atoms with E-state index in [2.05, 4.69) is 20.8 Å². The second-order valence-corrected chi connectivity index (χ2v) is 5.62. The predicted octanol–water partition coefficient (Wildman–Crippen LogP) is 2.58. The number of carbonyl (C=O) groups is 2. The first-order valence-electron chi connectivity index (χ1n) is 6.05. The summed E-state index contributed by atoms with van der Waals surface area (Å²) in [6.07, 6.45) is 2.12. The first-order chi connectivity index (χ1) is 7.36. The van der Waals surface area contributed by atoms with Crippen molar-refractivity contribution in [3.8, 4) is 0 Å². The maximum Gasteiger partial charge on any atom is 0.316 e. The molecule has 0 N–H and O–H groups in total. The summed E-state index contributed by atoms with van der Waals surface area (Å²) in [5.41, 5.74) is 0.148. The van der Waals surface area contributed by atoms with Crippen molar-refractivity contribution in [2.45, 2.75) is 47.0 Å². The predicted molar refractivity (Wildman–Crippen MR) is 61.9 cm³/mol. The third-order valence-corrected chi connectivity index (χ3v) is 3.44. The minimum Gasteiger partial charge on any atom is -0.465 e. The standard InChI is InChI=1S/C13H22O3/c1-5-16-12(15)10-7-6-9(8-11(10)14)13(2,3)4/h9-10H,5-8H2,1-4H3. The molecule has 0 bridgehead atoms. The van der Waals surface area contributed by atoms with E-state index in [9.17, 15) is 9.59 Å². The van der Waals surface area contributed by atoms with Gasteiger partial charge in [0.15, 0.2) is 0 Å². The molecule has 2 unspecified atom stereocenters. The molecule has 0 amide bonds. The van der Waals surface area contributed by atoms with Gasteiger partial charge in [-0.2, -0.15) is 0 Å². The Hall–Kier alpha value is -0.860. The first-order valence-corrected chi connectivity index (χ1v) is 6.05. The Morgan fingerprint density at radius 2 is 2.00 bits per heavy atom. The maximum atomic E-state index is 11.9. The van der Waals surface area contributed by atoms with Crippen molar-refractivity contribution in [1.82, 2.24) is 0 Å². The van der Waals surface area contributed by atoms with E-state index in [-0.39, 0.29) is 17.2 Å². The quantitative estimate of drug-likeness (QED) is 0.537. The van der Waals surface area contributed by atoms with Gasteiger partial charge in [-0.1, -0.05) is 20.8 Å². The summed E-state index contributed by atoms with van der Waals surface area (Å²) >= 11 is 0. The number of rotatable bonds is 2. The minimum absolute atomic E-state index is 0.0598. The highest BCUT2D eigenvalue weighted by atomic mass is 16.5. The van der Waals surface area contributed by atoms with Crippen LogP contribution in [0.25, 0.3) is 0 Å². The van der Waals surface area contributed by atoms with Gasteiger partial charge in [0.05, 0.1) is 6.61 Å². The second-order valence-electron chi connectivity index (χ2n) is 5.62. The summed E-state index contributed by atoms with van der Waals surface area (Å²) in [5, 5.41) is 0. The summed E-state index contributed by atoms with van der Waals surface area (Å²) in [6, 6.07) is 0. The van der Waals surface area contributed by atoms with Crippen LogP contribution in [-0.2, 0) is 14.3 Å². The molecule has 92 valence electrons. The van der Waals surface area contributed by atoms with E-state index in [1.807, 2.05) is 0 Å². The molecule has 3 nitrogen and oxygen atoms in total. The number of esters is 1. The molecule has 0 radical (unpaired) electrons. The lowest BCUT2D eigenvalue weighted by atomic mass is 9.69. The number of ether oxygens (including phenoxy) is 1. The molecule has 1 aliphatic carbocycles. The number of hydrogen-bond donors (Lipinski definition) is 0. The smallest absolute Gasteiger partial charge is 0.316 e. The van der Waals surface area contributed by atoms with E-state index in [1.165, 1.54) is 0 Å². The van der Waals surface area contributed by atoms with Gasteiger partial charge in [-0.15, -0.1) is 0 Å². The summed E-state index contributed by atoms with van der Waals surface area (Å²) in [5.74, 6) is -0.381. The molecule has 2 atom stereocenters. The SMILES string of the molecule is CCOC(=O)C1CCC(C(C)(C)C)CC1=O. The van der Waals surface area contributed by atoms with Gasteiger partial charge in [-0.05, 0) is 31.1 Å². The lowest BCUT2D eigenvalue weighted by molar-refractivity contribution is -0.154. The molecule has 0 saturated heterocycles. The Morgan fingerprint density at radius 1 is 1.38 bits per heavy atom. The van der Waals surface area contributed by atoms with Crippen molar-refractivity contribution in [3.05, 3.63) is 0 Å². The molecular weight excluding hydrogens is 204 g/mol. The molecule has 0 spiro atoms. The molecule has 16 heavy (non-hydrogen) atoms. The monoisotopic (exact) mass is 226 g/mol. The Labute approximate surface area is 97.5 Å². The van der Waals surface area contributed by atoms with Crippen LogP contribution < -0.4 is 0 Å². The van der Waals surface area contributed by atoms with Crippen molar-refractivity contribution < 1.29 is 14.3 Å². The number of Topliss-reactive ketones (excluding diaryl/α,β-unsaturated/α-hetero) is 1. The van der Waals surface area contributed by atoms with E-state index in [4.69, 9.17) is 4.74 Å². The third kappa shape index (κ3) is 3.06. The largest absolute Gasteiger partial charge is 0.465 e. The van der Waals surface area contributed by atoms with Crippen molar-refractivity contribution >= 4 is 11.8 Å². The van der Waals surface area contributed by atoms with Crippen LogP contribution >= 0.6 is 0 Å². The summed E-state index contributed by atoms with van der Waals surface area (Å²) in [7, 11) is 0. The Kier molecular flexibility index (Phi) is 4.11. The van der Waals surface area contributed by atoms with Crippen LogP contribution in [0.15, 0.2) is 0 Å². The summed E-state index contributed by atoms with van der Waals surface area (Å²) in [6.45, 7) is 8.56. The lowest BCUT2D eigenvalue weighted by Gasteiger charge is -2.35. The number of carbonyl (C=O) groups excluding carboxylic acids is 2. The molecule has 1 rings (SSSR count). The van der Waals surface area contributed by atoms with Crippen LogP contribution in [-0.4, -0.2) is 18.4 Å². The fourth-order valence-corrected chi connectivity index (χ4v) is 2.25. The van der Waals surface area contributed by atoms with Crippen LogP contribution in [0, 0.1) is 17.3 Å². The molecule has 0 aromatic rings. The number of hydrogen-bond acceptors (Lipinski definition) is 3. The molecule has 1 saturated carbocycles. The maximum absolute atomic E-state index is 11.9. The van der Waals surface area contributed by atoms with Gasteiger partial charge < -0.3 is 4.74 Å². The average molecular weight is 226 g/mol. The van der Waals surface area contributed by atoms with Crippen LogP contribution in [0.2, 0.25) is 0 Å². The molecule has 0 aromatic heterocycles. The minimum atomic E-state index is -0.501. The zero-order valence-electron chi connectivity index (χ0n) is 10.7. The molecule has 0 heterocycles. The molecule has 0 aromatic carbocycles. The van der Waals surface area contributed by atoms with Crippen LogP contribution in [0.5, 0.6) is 0 Å². The van der Waals surface area contributed by atoms with E-state index >= 15 is 0 Å². The van der Waals surface area contributed by atoms with E-state index in [1.54, 1.807) is 6.92 Å². The summed E-state index contributed by atoms with van der Waals surface area (Å²) < 4.78 is 4.91. The highest BCUT2D eigenvalue weighted by molar-refractivity contribution is 5.99. The molecule has 3 heteroatoms. The highest BCUT2D eigenvalue weighted by Crippen LogP contribution is 2.38. The van der Waals surface area contributed by atoms with Gasteiger partial charge in [0.2, 0.25) is 0 Å². The van der Waals surface area contributed by atoms with Crippen LogP contribution in [0.4, 0.5) is 0 Å². The summed E-state index contributed by atoms with van der Waals surface area (Å²) in [4.78, 5) is 23.4. The van der Waals surface area contributed by atoms with Crippen LogP contribution in [0.1, 0.15) is 47.0 Å². The highest BCUT2D eigenvalue weighted by Gasteiger charge is 2.38. The van der Waals surface area contributed by atoms with Gasteiger partial charge in [0.25, 0.3) is 0 Å². The zero-order chi connectivity index (χ0) is 12.3. The third-order valence-electron chi connectivity index (χ3n) is 3.44. The Balaban J connectivity index is 2.59. The lowest BCUT2D eigenvalue weighted by Crippen LogP contribution is -2.36. The fraction of sp³-hybridized carbons (Fsp3) is 0.846. The molecule has 1 fully saturated rings. The van der Waals surface area contributed by atoms with Crippen molar-refractivity contribution in [3.63, 3.8) is 0 Å². The molecule has 0 aliphatic heterocycles. The first kappa shape index (κ1) is 13.2. The molecule has 1 aliphatic rings. The van der Waals surface area contributed by atoms with Gasteiger partial charge >= 0.3 is 5.97 Å². The fourth-order valence-electron chi connectivity index (χ4n) is 2.25. The normalized spacial score (nSPS) is 26.6.